The van der Waals surface area contributed by atoms with Crippen LogP contribution >= 0.6 is 0 Å². The highest BCUT2D eigenvalue weighted by Gasteiger charge is 2.16. The molecule has 0 aromatic heterocycles. The summed E-state index contributed by atoms with van der Waals surface area (Å²) in [5.74, 6) is -0.472. The van der Waals surface area contributed by atoms with Crippen molar-refractivity contribution in [3.63, 3.8) is 0 Å². The minimum Gasteiger partial charge on any atom is -0.434 e. The van der Waals surface area contributed by atoms with Gasteiger partial charge in [0.15, 0.2) is 0 Å². The summed E-state index contributed by atoms with van der Waals surface area (Å²) < 4.78 is 52.2. The molecule has 14 heavy (non-hydrogen) atoms. The molecule has 5 heteroatoms. The lowest BCUT2D eigenvalue weighted by atomic mass is 10.1. The second-order valence-corrected chi connectivity index (χ2v) is 2.72. The van der Waals surface area contributed by atoms with E-state index in [2.05, 4.69) is 4.74 Å². The van der Waals surface area contributed by atoms with Gasteiger partial charge >= 0.3 is 6.61 Å². The third-order valence-corrected chi connectivity index (χ3v) is 1.62. The Balaban J connectivity index is 3.02. The summed E-state index contributed by atoms with van der Waals surface area (Å²) in [6.07, 6.45) is -2.82. The molecule has 0 fully saturated rings. The highest BCUT2D eigenvalue weighted by molar-refractivity contribution is 5.37. The van der Waals surface area contributed by atoms with Gasteiger partial charge in [-0.05, 0) is 19.1 Å². The van der Waals surface area contributed by atoms with Crippen LogP contribution in [0.15, 0.2) is 18.2 Å². The molecule has 0 aliphatic rings. The molecule has 0 bridgehead atoms. The van der Waals surface area contributed by atoms with Crippen molar-refractivity contribution in [1.29, 1.82) is 0 Å². The van der Waals surface area contributed by atoms with Gasteiger partial charge in [0, 0.05) is 0 Å². The van der Waals surface area contributed by atoms with Gasteiger partial charge in [-0.25, -0.2) is 8.78 Å². The first-order chi connectivity index (χ1) is 6.50. The van der Waals surface area contributed by atoms with E-state index in [4.69, 9.17) is 0 Å². The van der Waals surface area contributed by atoms with Gasteiger partial charge in [0.1, 0.15) is 5.75 Å². The Bertz CT molecular complexity index is 312. The largest absolute Gasteiger partial charge is 0.434 e. The summed E-state index contributed by atoms with van der Waals surface area (Å²) in [5, 5.41) is 0. The third kappa shape index (κ3) is 2.61. The Hall–Kier alpha value is -1.26. The summed E-state index contributed by atoms with van der Waals surface area (Å²) >= 11 is 0. The molecule has 0 aliphatic carbocycles. The maximum Gasteiger partial charge on any atom is 0.387 e. The van der Waals surface area contributed by atoms with Crippen molar-refractivity contribution >= 4 is 0 Å². The summed E-state index contributed by atoms with van der Waals surface area (Å²) in [6.45, 7) is -1.49. The fourth-order valence-corrected chi connectivity index (χ4v) is 1.04. The van der Waals surface area contributed by atoms with Crippen molar-refractivity contribution in [3.05, 3.63) is 29.3 Å². The fourth-order valence-electron chi connectivity index (χ4n) is 1.04. The minimum atomic E-state index is -3.09. The van der Waals surface area contributed by atoms with Crippen LogP contribution in [-0.4, -0.2) is 6.61 Å². The average Bonchev–Trinajstić information content (AvgIpc) is 2.07. The first-order valence-corrected chi connectivity index (χ1v) is 3.84. The number of hydrogen-bond donors (Lipinski definition) is 0. The maximum atomic E-state index is 12.3. The standard InChI is InChI=1S/C9H8F4O/c1-5-2-3-7(14-9(12)13)6(4-5)8(10)11/h2-4,8-9H,1H3. The number of halogens is 4. The van der Waals surface area contributed by atoms with E-state index in [0.29, 0.717) is 5.56 Å². The molecule has 0 amide bonds. The van der Waals surface area contributed by atoms with E-state index >= 15 is 0 Å². The van der Waals surface area contributed by atoms with Gasteiger partial charge in [-0.2, -0.15) is 8.78 Å². The van der Waals surface area contributed by atoms with E-state index in [1.54, 1.807) is 6.92 Å². The molecule has 78 valence electrons. The molecule has 0 radical (unpaired) electrons. The van der Waals surface area contributed by atoms with Crippen LogP contribution in [0.4, 0.5) is 17.6 Å². The Morgan fingerprint density at radius 2 is 1.79 bits per heavy atom. The van der Waals surface area contributed by atoms with Gasteiger partial charge in [-0.1, -0.05) is 11.6 Å². The number of benzene rings is 1. The highest BCUT2D eigenvalue weighted by Crippen LogP contribution is 2.30. The van der Waals surface area contributed by atoms with Gasteiger partial charge in [0.05, 0.1) is 5.56 Å². The van der Waals surface area contributed by atoms with Gasteiger partial charge in [-0.3, -0.25) is 0 Å². The van der Waals surface area contributed by atoms with Gasteiger partial charge in [0.25, 0.3) is 6.43 Å². The summed E-state index contributed by atoms with van der Waals surface area (Å²) in [5.41, 5.74) is 0.0622. The van der Waals surface area contributed by atoms with E-state index in [0.717, 1.165) is 12.1 Å². The smallest absolute Gasteiger partial charge is 0.387 e. The van der Waals surface area contributed by atoms with Crippen LogP contribution in [0.2, 0.25) is 0 Å². The predicted octanol–water partition coefficient (Wildman–Crippen LogP) is 3.53. The zero-order valence-electron chi connectivity index (χ0n) is 7.31. The zero-order valence-corrected chi connectivity index (χ0v) is 7.31. The highest BCUT2D eigenvalue weighted by atomic mass is 19.3. The molecule has 1 aromatic rings. The first kappa shape index (κ1) is 10.8. The van der Waals surface area contributed by atoms with Crippen molar-refractivity contribution in [2.45, 2.75) is 20.0 Å². The molecular weight excluding hydrogens is 200 g/mol. The molecule has 0 unspecified atom stereocenters. The number of aryl methyl sites for hydroxylation is 1. The van der Waals surface area contributed by atoms with E-state index < -0.39 is 24.3 Å². The van der Waals surface area contributed by atoms with Crippen molar-refractivity contribution in [3.8, 4) is 5.75 Å². The molecule has 0 N–H and O–H groups in total. The third-order valence-electron chi connectivity index (χ3n) is 1.62. The average molecular weight is 208 g/mol. The van der Waals surface area contributed by atoms with Gasteiger partial charge in [0.2, 0.25) is 0 Å². The monoisotopic (exact) mass is 208 g/mol. The lowest BCUT2D eigenvalue weighted by Gasteiger charge is -2.10. The molecule has 0 saturated carbocycles. The lowest BCUT2D eigenvalue weighted by molar-refractivity contribution is -0.0519. The molecule has 1 aromatic carbocycles. The van der Waals surface area contributed by atoms with E-state index in [9.17, 15) is 17.6 Å². The van der Waals surface area contributed by atoms with Crippen LogP contribution in [0.3, 0.4) is 0 Å². The van der Waals surface area contributed by atoms with E-state index in [1.165, 1.54) is 6.07 Å². The summed E-state index contributed by atoms with van der Waals surface area (Å²) in [4.78, 5) is 0. The quantitative estimate of drug-likeness (QED) is 0.690. The topological polar surface area (TPSA) is 9.23 Å². The molecule has 0 atom stereocenters. The van der Waals surface area contributed by atoms with Crippen molar-refractivity contribution in [1.82, 2.24) is 0 Å². The molecule has 0 heterocycles. The molecule has 1 rings (SSSR count). The summed E-state index contributed by atoms with van der Waals surface area (Å²) in [6, 6.07) is 3.68. The molecule has 0 spiro atoms. The van der Waals surface area contributed by atoms with Crippen molar-refractivity contribution in [2.24, 2.45) is 0 Å². The van der Waals surface area contributed by atoms with Gasteiger partial charge < -0.3 is 4.74 Å². The Morgan fingerprint density at radius 3 is 2.29 bits per heavy atom. The molecular formula is C9H8F4O. The molecule has 0 saturated heterocycles. The van der Waals surface area contributed by atoms with Crippen LogP contribution in [0.25, 0.3) is 0 Å². The Labute approximate surface area is 78.3 Å². The van der Waals surface area contributed by atoms with Gasteiger partial charge in [-0.15, -0.1) is 0 Å². The number of hydrogen-bond acceptors (Lipinski definition) is 1. The van der Waals surface area contributed by atoms with Crippen LogP contribution in [-0.2, 0) is 0 Å². The van der Waals surface area contributed by atoms with Crippen molar-refractivity contribution < 1.29 is 22.3 Å². The maximum absolute atomic E-state index is 12.3. The predicted molar refractivity (Wildman–Crippen MR) is 42.8 cm³/mol. The number of alkyl halides is 4. The van der Waals surface area contributed by atoms with Crippen LogP contribution < -0.4 is 4.74 Å². The van der Waals surface area contributed by atoms with Crippen LogP contribution in [0.5, 0.6) is 5.75 Å². The fraction of sp³-hybridized carbons (Fsp3) is 0.333. The lowest BCUT2D eigenvalue weighted by Crippen LogP contribution is -2.04. The normalized spacial score (nSPS) is 11.1. The van der Waals surface area contributed by atoms with E-state index in [1.807, 2.05) is 0 Å². The molecule has 1 nitrogen and oxygen atoms in total. The molecule has 0 aliphatic heterocycles. The van der Waals surface area contributed by atoms with Crippen molar-refractivity contribution in [2.75, 3.05) is 0 Å². The number of ether oxygens (including phenoxy) is 1. The second kappa shape index (κ2) is 4.30. The first-order valence-electron chi connectivity index (χ1n) is 3.84. The second-order valence-electron chi connectivity index (χ2n) is 2.72. The number of rotatable bonds is 3. The Kier molecular flexibility index (Phi) is 3.33. The van der Waals surface area contributed by atoms with Crippen LogP contribution in [0.1, 0.15) is 17.6 Å². The SMILES string of the molecule is Cc1ccc(OC(F)F)c(C(F)F)c1. The van der Waals surface area contributed by atoms with E-state index in [-0.39, 0.29) is 0 Å². The van der Waals surface area contributed by atoms with Crippen LogP contribution in [0, 0.1) is 6.92 Å². The zero-order chi connectivity index (χ0) is 10.7. The summed E-state index contributed by atoms with van der Waals surface area (Å²) in [7, 11) is 0. The minimum absolute atomic E-state index is 0.472. The Morgan fingerprint density at radius 1 is 1.14 bits per heavy atom.